The van der Waals surface area contributed by atoms with Crippen molar-refractivity contribution in [3.05, 3.63) is 0 Å². The average molecular weight is 182 g/mol. The number of aliphatic hydroxyl groups excluding tert-OH is 1. The summed E-state index contributed by atoms with van der Waals surface area (Å²) in [5.74, 6) is 1.47. The Morgan fingerprint density at radius 3 is 2.92 bits per heavy atom. The minimum Gasteiger partial charge on any atom is -0.390 e. The Balaban J connectivity index is 1.91. The van der Waals surface area contributed by atoms with E-state index in [9.17, 15) is 5.11 Å². The van der Waals surface area contributed by atoms with Gasteiger partial charge >= 0.3 is 0 Å². The second-order valence-corrected chi connectivity index (χ2v) is 5.03. The van der Waals surface area contributed by atoms with Gasteiger partial charge in [0.15, 0.2) is 0 Å². The van der Waals surface area contributed by atoms with Crippen LogP contribution in [0.4, 0.5) is 0 Å². The lowest BCUT2D eigenvalue weighted by Gasteiger charge is -2.42. The normalized spacial score (nSPS) is 54.7. The SMILES string of the molecule is O[C@H]1C[C@H]2CC[C@H](C2)[C@@]12CCCO2. The van der Waals surface area contributed by atoms with Crippen LogP contribution in [0.15, 0.2) is 0 Å². The van der Waals surface area contributed by atoms with E-state index in [0.29, 0.717) is 5.92 Å². The van der Waals surface area contributed by atoms with E-state index in [4.69, 9.17) is 4.74 Å². The molecule has 4 atom stereocenters. The molecule has 0 unspecified atom stereocenters. The predicted molar refractivity (Wildman–Crippen MR) is 49.4 cm³/mol. The molecule has 3 aliphatic rings. The third-order valence-electron chi connectivity index (χ3n) is 4.44. The van der Waals surface area contributed by atoms with Gasteiger partial charge in [-0.25, -0.2) is 0 Å². The molecule has 1 heterocycles. The van der Waals surface area contributed by atoms with Crippen LogP contribution in [-0.4, -0.2) is 23.4 Å². The highest BCUT2D eigenvalue weighted by Crippen LogP contribution is 2.52. The van der Waals surface area contributed by atoms with Gasteiger partial charge in [0, 0.05) is 6.61 Å². The number of aliphatic hydroxyl groups is 1. The third kappa shape index (κ3) is 1.02. The van der Waals surface area contributed by atoms with Crippen molar-refractivity contribution in [3.8, 4) is 0 Å². The zero-order chi connectivity index (χ0) is 8.89. The van der Waals surface area contributed by atoms with Crippen LogP contribution in [0, 0.1) is 11.8 Å². The maximum absolute atomic E-state index is 10.1. The number of ether oxygens (including phenoxy) is 1. The first-order valence-corrected chi connectivity index (χ1v) is 5.63. The summed E-state index contributed by atoms with van der Waals surface area (Å²) in [7, 11) is 0. The first-order valence-electron chi connectivity index (χ1n) is 5.63. The molecule has 2 aliphatic carbocycles. The lowest BCUT2D eigenvalue weighted by atomic mass is 9.72. The Hall–Kier alpha value is -0.0800. The fourth-order valence-corrected chi connectivity index (χ4v) is 3.79. The Morgan fingerprint density at radius 2 is 2.15 bits per heavy atom. The lowest BCUT2D eigenvalue weighted by molar-refractivity contribution is -0.143. The minimum atomic E-state index is -0.166. The molecule has 74 valence electrons. The van der Waals surface area contributed by atoms with Crippen LogP contribution < -0.4 is 0 Å². The Kier molecular flexibility index (Phi) is 1.72. The fourth-order valence-electron chi connectivity index (χ4n) is 3.79. The highest BCUT2D eigenvalue weighted by molar-refractivity contribution is 5.05. The monoisotopic (exact) mass is 182 g/mol. The number of fused-ring (bicyclic) bond motifs is 3. The van der Waals surface area contributed by atoms with E-state index in [-0.39, 0.29) is 11.7 Å². The summed E-state index contributed by atoms with van der Waals surface area (Å²) in [4.78, 5) is 0. The van der Waals surface area contributed by atoms with E-state index in [0.717, 1.165) is 31.8 Å². The molecule has 2 saturated carbocycles. The average Bonchev–Trinajstić information content (AvgIpc) is 2.67. The second kappa shape index (κ2) is 2.71. The van der Waals surface area contributed by atoms with Crippen LogP contribution in [-0.2, 0) is 4.74 Å². The van der Waals surface area contributed by atoms with Gasteiger partial charge < -0.3 is 9.84 Å². The van der Waals surface area contributed by atoms with Crippen molar-refractivity contribution in [3.63, 3.8) is 0 Å². The van der Waals surface area contributed by atoms with Crippen molar-refractivity contribution >= 4 is 0 Å². The van der Waals surface area contributed by atoms with Crippen LogP contribution >= 0.6 is 0 Å². The van der Waals surface area contributed by atoms with Crippen molar-refractivity contribution in [2.75, 3.05) is 6.61 Å². The van der Waals surface area contributed by atoms with Gasteiger partial charge in [-0.1, -0.05) is 0 Å². The molecule has 1 aliphatic heterocycles. The van der Waals surface area contributed by atoms with E-state index in [1.54, 1.807) is 0 Å². The van der Waals surface area contributed by atoms with Crippen molar-refractivity contribution in [1.29, 1.82) is 0 Å². The van der Waals surface area contributed by atoms with E-state index in [2.05, 4.69) is 0 Å². The quantitative estimate of drug-likeness (QED) is 0.618. The lowest BCUT2D eigenvalue weighted by Crippen LogP contribution is -2.50. The fraction of sp³-hybridized carbons (Fsp3) is 1.00. The summed E-state index contributed by atoms with van der Waals surface area (Å²) in [6.07, 6.45) is 7.02. The first-order chi connectivity index (χ1) is 6.31. The van der Waals surface area contributed by atoms with Crippen LogP contribution in [0.25, 0.3) is 0 Å². The van der Waals surface area contributed by atoms with Crippen LogP contribution in [0.2, 0.25) is 0 Å². The topological polar surface area (TPSA) is 29.5 Å². The molecule has 3 fully saturated rings. The summed E-state index contributed by atoms with van der Waals surface area (Å²) in [5.41, 5.74) is -0.104. The van der Waals surface area contributed by atoms with Gasteiger partial charge in [0.25, 0.3) is 0 Å². The van der Waals surface area contributed by atoms with Crippen LogP contribution in [0.3, 0.4) is 0 Å². The van der Waals surface area contributed by atoms with Crippen molar-refractivity contribution in [2.45, 2.75) is 50.2 Å². The minimum absolute atomic E-state index is 0.104. The van der Waals surface area contributed by atoms with E-state index < -0.39 is 0 Å². The van der Waals surface area contributed by atoms with Crippen LogP contribution in [0.1, 0.15) is 38.5 Å². The van der Waals surface area contributed by atoms with E-state index in [1.807, 2.05) is 0 Å². The zero-order valence-electron chi connectivity index (χ0n) is 8.04. The van der Waals surface area contributed by atoms with Crippen molar-refractivity contribution in [2.24, 2.45) is 11.8 Å². The molecule has 2 heteroatoms. The van der Waals surface area contributed by atoms with Gasteiger partial charge in [-0.2, -0.15) is 0 Å². The summed E-state index contributed by atoms with van der Waals surface area (Å²) in [6, 6.07) is 0. The summed E-state index contributed by atoms with van der Waals surface area (Å²) in [6.45, 7) is 0.873. The van der Waals surface area contributed by atoms with Gasteiger partial charge in [0.2, 0.25) is 0 Å². The van der Waals surface area contributed by atoms with Crippen molar-refractivity contribution in [1.82, 2.24) is 0 Å². The van der Waals surface area contributed by atoms with Crippen molar-refractivity contribution < 1.29 is 9.84 Å². The Bertz CT molecular complexity index is 208. The number of hydrogen-bond acceptors (Lipinski definition) is 2. The molecule has 0 aromatic carbocycles. The largest absolute Gasteiger partial charge is 0.390 e. The highest BCUT2D eigenvalue weighted by Gasteiger charge is 2.54. The van der Waals surface area contributed by atoms with E-state index in [1.165, 1.54) is 19.3 Å². The second-order valence-electron chi connectivity index (χ2n) is 5.03. The highest BCUT2D eigenvalue weighted by atomic mass is 16.5. The molecule has 2 nitrogen and oxygen atoms in total. The molecule has 1 saturated heterocycles. The number of rotatable bonds is 0. The molecule has 2 bridgehead atoms. The predicted octanol–water partition coefficient (Wildman–Crippen LogP) is 1.72. The third-order valence-corrected chi connectivity index (χ3v) is 4.44. The van der Waals surface area contributed by atoms with Gasteiger partial charge in [-0.05, 0) is 50.4 Å². The summed E-state index contributed by atoms with van der Waals surface area (Å²) < 4.78 is 5.87. The molecule has 13 heavy (non-hydrogen) atoms. The maximum atomic E-state index is 10.1. The molecular formula is C11H18O2. The summed E-state index contributed by atoms with van der Waals surface area (Å²) in [5, 5.41) is 10.1. The molecule has 1 spiro atoms. The first kappa shape index (κ1) is 8.25. The summed E-state index contributed by atoms with van der Waals surface area (Å²) >= 11 is 0. The molecular weight excluding hydrogens is 164 g/mol. The van der Waals surface area contributed by atoms with Gasteiger partial charge in [-0.15, -0.1) is 0 Å². The molecule has 3 rings (SSSR count). The van der Waals surface area contributed by atoms with Gasteiger partial charge in [-0.3, -0.25) is 0 Å². The standard InChI is InChI=1S/C11H18O2/c12-10-7-8-2-3-9(6-8)11(10)4-1-5-13-11/h8-10,12H,1-7H2/t8-,9+,10-,11-/m0/s1. The molecule has 0 amide bonds. The Labute approximate surface area is 79.3 Å². The maximum Gasteiger partial charge on any atom is 0.0969 e. The van der Waals surface area contributed by atoms with Gasteiger partial charge in [0.1, 0.15) is 0 Å². The van der Waals surface area contributed by atoms with Gasteiger partial charge in [0.05, 0.1) is 11.7 Å². The molecule has 0 radical (unpaired) electrons. The molecule has 0 aromatic rings. The van der Waals surface area contributed by atoms with E-state index >= 15 is 0 Å². The van der Waals surface area contributed by atoms with Crippen LogP contribution in [0.5, 0.6) is 0 Å². The Morgan fingerprint density at radius 1 is 1.23 bits per heavy atom. The smallest absolute Gasteiger partial charge is 0.0969 e. The number of hydrogen-bond donors (Lipinski definition) is 1. The molecule has 1 N–H and O–H groups in total. The zero-order valence-corrected chi connectivity index (χ0v) is 8.04. The molecule has 0 aromatic heterocycles.